The van der Waals surface area contributed by atoms with E-state index in [9.17, 15) is 19.1 Å². The molecule has 1 amide bonds. The van der Waals surface area contributed by atoms with Gasteiger partial charge < -0.3 is 15.4 Å². The van der Waals surface area contributed by atoms with Crippen molar-refractivity contribution in [3.05, 3.63) is 89.4 Å². The van der Waals surface area contributed by atoms with Gasteiger partial charge in [0.25, 0.3) is 0 Å². The molecule has 3 N–H and O–H groups in total. The first kappa shape index (κ1) is 19.9. The molecule has 0 spiro atoms. The van der Waals surface area contributed by atoms with E-state index < -0.39 is 11.8 Å². The van der Waals surface area contributed by atoms with Crippen molar-refractivity contribution in [2.24, 2.45) is 0 Å². The van der Waals surface area contributed by atoms with Crippen molar-refractivity contribution in [3.8, 4) is 23.0 Å². The van der Waals surface area contributed by atoms with Crippen LogP contribution in [0.25, 0.3) is 22.0 Å². The number of hydrogen-bond acceptors (Lipinski definition) is 2. The van der Waals surface area contributed by atoms with Crippen LogP contribution in [0.5, 0.6) is 0 Å². The summed E-state index contributed by atoms with van der Waals surface area (Å²) in [6, 6.07) is 16.4. The molecule has 0 atom stereocenters. The summed E-state index contributed by atoms with van der Waals surface area (Å²) in [5.74, 6) is 3.93. The number of fused-ring (bicyclic) bond motifs is 1. The van der Waals surface area contributed by atoms with Crippen LogP contribution in [0.15, 0.2) is 66.9 Å². The summed E-state index contributed by atoms with van der Waals surface area (Å²) in [5.41, 5.74) is 3.34. The van der Waals surface area contributed by atoms with Crippen LogP contribution < -0.4 is 5.32 Å². The molecule has 152 valence electrons. The minimum Gasteiger partial charge on any atom is -0.478 e. The molecule has 4 rings (SSSR count). The van der Waals surface area contributed by atoms with E-state index in [4.69, 9.17) is 0 Å². The fraction of sp³-hybridized carbons (Fsp3) is 0.0400. The second-order valence-electron chi connectivity index (χ2n) is 6.97. The van der Waals surface area contributed by atoms with Gasteiger partial charge in [0.15, 0.2) is 0 Å². The first-order valence-electron chi connectivity index (χ1n) is 9.45. The van der Waals surface area contributed by atoms with E-state index in [1.807, 2.05) is 30.5 Å². The Kier molecular flexibility index (Phi) is 5.25. The summed E-state index contributed by atoms with van der Waals surface area (Å²) in [4.78, 5) is 26.3. The van der Waals surface area contributed by atoms with Gasteiger partial charge in [-0.1, -0.05) is 30.0 Å². The third-order valence-electron chi connectivity index (χ3n) is 4.70. The number of carbonyl (C=O) groups excluding carboxylic acids is 1. The van der Waals surface area contributed by atoms with Crippen molar-refractivity contribution in [3.63, 3.8) is 0 Å². The molecule has 0 saturated heterocycles. The smallest absolute Gasteiger partial charge is 0.336 e. The predicted molar refractivity (Wildman–Crippen MR) is 117 cm³/mol. The molecular formula is C25H17FN2O3. The number of aromatic carboxylic acids is 1. The molecule has 0 unspecified atom stereocenters. The number of anilines is 1. The molecule has 0 fully saturated rings. The van der Waals surface area contributed by atoms with Crippen LogP contribution in [0.4, 0.5) is 10.1 Å². The number of aromatic nitrogens is 1. The van der Waals surface area contributed by atoms with Crippen LogP contribution in [0, 0.1) is 17.7 Å². The zero-order valence-corrected chi connectivity index (χ0v) is 16.5. The standard InChI is InChI=1S/C25H17FN2O3/c1-15(29)28-21-12-16(11-20(26)14-21)5-6-18-3-2-4-22(25(30)31)24(18)19-8-7-17-9-10-27-23(17)13-19/h2-4,7-14,27H,1H3,(H,28,29)(H,30,31). The number of rotatable bonds is 3. The van der Waals surface area contributed by atoms with E-state index in [1.54, 1.807) is 18.2 Å². The Morgan fingerprint density at radius 2 is 1.87 bits per heavy atom. The maximum Gasteiger partial charge on any atom is 0.336 e. The van der Waals surface area contributed by atoms with Crippen LogP contribution in [0.3, 0.4) is 0 Å². The summed E-state index contributed by atoms with van der Waals surface area (Å²) in [5, 5.41) is 13.3. The number of amides is 1. The lowest BCUT2D eigenvalue weighted by Crippen LogP contribution is -2.06. The van der Waals surface area contributed by atoms with Crippen molar-refractivity contribution in [2.45, 2.75) is 6.92 Å². The molecule has 0 saturated carbocycles. The second-order valence-corrected chi connectivity index (χ2v) is 6.97. The van der Waals surface area contributed by atoms with Crippen LogP contribution in [-0.2, 0) is 4.79 Å². The summed E-state index contributed by atoms with van der Waals surface area (Å²) in [6.45, 7) is 1.33. The zero-order chi connectivity index (χ0) is 22.0. The largest absolute Gasteiger partial charge is 0.478 e. The van der Waals surface area contributed by atoms with E-state index in [0.29, 0.717) is 27.9 Å². The number of carbonyl (C=O) groups is 2. The van der Waals surface area contributed by atoms with Gasteiger partial charge in [0.1, 0.15) is 5.82 Å². The fourth-order valence-electron chi connectivity index (χ4n) is 3.43. The maximum atomic E-state index is 13.9. The minimum atomic E-state index is -1.07. The van der Waals surface area contributed by atoms with Gasteiger partial charge in [-0.25, -0.2) is 9.18 Å². The van der Waals surface area contributed by atoms with Crippen LogP contribution >= 0.6 is 0 Å². The third kappa shape index (κ3) is 4.31. The molecule has 31 heavy (non-hydrogen) atoms. The maximum absolute atomic E-state index is 13.9. The van der Waals surface area contributed by atoms with Crippen molar-refractivity contribution < 1.29 is 19.1 Å². The third-order valence-corrected chi connectivity index (χ3v) is 4.70. The molecule has 0 aliphatic rings. The van der Waals surface area contributed by atoms with Crippen molar-refractivity contribution in [1.82, 2.24) is 4.98 Å². The number of hydrogen-bond donors (Lipinski definition) is 3. The van der Waals surface area contributed by atoms with Gasteiger partial charge in [-0.05, 0) is 53.4 Å². The molecule has 1 aromatic heterocycles. The van der Waals surface area contributed by atoms with Crippen molar-refractivity contribution >= 4 is 28.5 Å². The molecule has 0 bridgehead atoms. The van der Waals surface area contributed by atoms with Crippen LogP contribution in [-0.4, -0.2) is 22.0 Å². The van der Waals surface area contributed by atoms with E-state index in [0.717, 1.165) is 10.9 Å². The van der Waals surface area contributed by atoms with Crippen molar-refractivity contribution in [1.29, 1.82) is 0 Å². The highest BCUT2D eigenvalue weighted by molar-refractivity contribution is 5.99. The summed E-state index contributed by atoms with van der Waals surface area (Å²) < 4.78 is 13.9. The lowest BCUT2D eigenvalue weighted by molar-refractivity contribution is -0.114. The van der Waals surface area contributed by atoms with E-state index in [2.05, 4.69) is 22.1 Å². The van der Waals surface area contributed by atoms with Crippen molar-refractivity contribution in [2.75, 3.05) is 5.32 Å². The quantitative estimate of drug-likeness (QED) is 0.413. The topological polar surface area (TPSA) is 82.2 Å². The van der Waals surface area contributed by atoms with Gasteiger partial charge >= 0.3 is 5.97 Å². The predicted octanol–water partition coefficient (Wildman–Crippen LogP) is 5.03. The zero-order valence-electron chi connectivity index (χ0n) is 16.5. The van der Waals surface area contributed by atoms with Gasteiger partial charge in [-0.15, -0.1) is 0 Å². The fourth-order valence-corrected chi connectivity index (χ4v) is 3.43. The average Bonchev–Trinajstić information content (AvgIpc) is 3.18. The van der Waals surface area contributed by atoms with E-state index in [1.165, 1.54) is 25.1 Å². The Bertz CT molecular complexity index is 1390. The number of H-pyrrole nitrogens is 1. The molecule has 0 aliphatic carbocycles. The summed E-state index contributed by atoms with van der Waals surface area (Å²) in [7, 11) is 0. The van der Waals surface area contributed by atoms with E-state index >= 15 is 0 Å². The second kappa shape index (κ2) is 8.17. The number of carboxylic acid groups (broad SMARTS) is 1. The molecule has 5 nitrogen and oxygen atoms in total. The van der Waals surface area contributed by atoms with Gasteiger partial charge in [0.2, 0.25) is 5.91 Å². The SMILES string of the molecule is CC(=O)Nc1cc(F)cc(C#Cc2cccc(C(=O)O)c2-c2ccc3cc[nH]c3c2)c1. The lowest BCUT2D eigenvalue weighted by Gasteiger charge is -2.10. The molecule has 4 aromatic rings. The molecule has 6 heteroatoms. The van der Waals surface area contributed by atoms with Gasteiger partial charge in [-0.3, -0.25) is 4.79 Å². The Morgan fingerprint density at radius 3 is 2.65 bits per heavy atom. The first-order valence-corrected chi connectivity index (χ1v) is 9.45. The van der Waals surface area contributed by atoms with Gasteiger partial charge in [0, 0.05) is 41.0 Å². The normalized spacial score (nSPS) is 10.4. The highest BCUT2D eigenvalue weighted by Gasteiger charge is 2.15. The van der Waals surface area contributed by atoms with Gasteiger partial charge in [0.05, 0.1) is 5.56 Å². The summed E-state index contributed by atoms with van der Waals surface area (Å²) >= 11 is 0. The number of benzene rings is 3. The number of nitrogens with one attached hydrogen (secondary N) is 2. The Morgan fingerprint density at radius 1 is 1.03 bits per heavy atom. The molecule has 0 aliphatic heterocycles. The highest BCUT2D eigenvalue weighted by Crippen LogP contribution is 2.30. The van der Waals surface area contributed by atoms with Crippen LogP contribution in [0.1, 0.15) is 28.4 Å². The van der Waals surface area contributed by atoms with E-state index in [-0.39, 0.29) is 11.5 Å². The Hall–Kier alpha value is -4.37. The monoisotopic (exact) mass is 412 g/mol. The highest BCUT2D eigenvalue weighted by atomic mass is 19.1. The number of carboxylic acids is 1. The molecule has 0 radical (unpaired) electrons. The average molecular weight is 412 g/mol. The van der Waals surface area contributed by atoms with Crippen LogP contribution in [0.2, 0.25) is 0 Å². The minimum absolute atomic E-state index is 0.121. The van der Waals surface area contributed by atoms with Gasteiger partial charge in [-0.2, -0.15) is 0 Å². The summed E-state index contributed by atoms with van der Waals surface area (Å²) in [6.07, 6.45) is 1.81. The number of halogens is 1. The molecule has 1 heterocycles. The lowest BCUT2D eigenvalue weighted by atomic mass is 9.93. The number of aromatic amines is 1. The Balaban J connectivity index is 1.84. The first-order chi connectivity index (χ1) is 14.9. The molecule has 3 aromatic carbocycles. The molecular weight excluding hydrogens is 395 g/mol. The Labute approximate surface area is 177 Å².